The normalized spacial score (nSPS) is 31.2. The molecule has 88 valence electrons. The molecule has 2 aliphatic rings. The van der Waals surface area contributed by atoms with E-state index in [4.69, 9.17) is 9.47 Å². The van der Waals surface area contributed by atoms with Crippen LogP contribution in [0.4, 0.5) is 0 Å². The highest BCUT2D eigenvalue weighted by molar-refractivity contribution is 5.70. The van der Waals surface area contributed by atoms with Crippen LogP contribution in [0.1, 0.15) is 25.7 Å². The van der Waals surface area contributed by atoms with Crippen LogP contribution in [0, 0.1) is 0 Å². The van der Waals surface area contributed by atoms with E-state index < -0.39 is 0 Å². The third kappa shape index (κ3) is 3.01. The fourth-order valence-electron chi connectivity index (χ4n) is 1.63. The van der Waals surface area contributed by atoms with Gasteiger partial charge in [0.15, 0.2) is 0 Å². The van der Waals surface area contributed by atoms with Crippen LogP contribution in [0.15, 0.2) is 10.2 Å². The second-order valence-corrected chi connectivity index (χ2v) is 3.98. The second-order valence-electron chi connectivity index (χ2n) is 3.98. The molecule has 6 heteroatoms. The lowest BCUT2D eigenvalue weighted by Crippen LogP contribution is -2.26. The van der Waals surface area contributed by atoms with Crippen LogP contribution < -0.4 is 0 Å². The average molecular weight is 226 g/mol. The number of cyclic esters (lactones) is 2. The number of azo groups is 1. The van der Waals surface area contributed by atoms with Crippen LogP contribution >= 0.6 is 0 Å². The van der Waals surface area contributed by atoms with Gasteiger partial charge < -0.3 is 9.47 Å². The largest absolute Gasteiger partial charge is 0.463 e. The van der Waals surface area contributed by atoms with Crippen LogP contribution in [-0.2, 0) is 19.1 Å². The second kappa shape index (κ2) is 5.05. The minimum atomic E-state index is -0.168. The van der Waals surface area contributed by atoms with Crippen molar-refractivity contribution in [3.05, 3.63) is 0 Å². The summed E-state index contributed by atoms with van der Waals surface area (Å²) in [7, 11) is 0. The lowest BCUT2D eigenvalue weighted by molar-refractivity contribution is -0.149. The number of ether oxygens (including phenoxy) is 2. The number of hydrogen-bond acceptors (Lipinski definition) is 6. The Morgan fingerprint density at radius 1 is 0.875 bits per heavy atom. The Morgan fingerprint density at radius 2 is 1.31 bits per heavy atom. The Bertz CT molecular complexity index is 266. The summed E-state index contributed by atoms with van der Waals surface area (Å²) in [5.41, 5.74) is 0. The minimum absolute atomic E-state index is 0.0321. The van der Waals surface area contributed by atoms with Crippen molar-refractivity contribution in [2.24, 2.45) is 10.2 Å². The molecule has 0 saturated carbocycles. The fraction of sp³-hybridized carbons (Fsp3) is 0.800. The summed E-state index contributed by atoms with van der Waals surface area (Å²) < 4.78 is 9.74. The Kier molecular flexibility index (Phi) is 3.48. The Labute approximate surface area is 93.0 Å². The van der Waals surface area contributed by atoms with Crippen molar-refractivity contribution in [1.29, 1.82) is 0 Å². The standard InChI is InChI=1S/C10H14N2O4/c13-9-3-1-7(5-15-9)11-12-8-2-4-10(14)16-6-8/h7-8H,1-6H2. The average Bonchev–Trinajstić information content (AvgIpc) is 2.30. The van der Waals surface area contributed by atoms with Gasteiger partial charge in [-0.05, 0) is 12.8 Å². The molecule has 16 heavy (non-hydrogen) atoms. The van der Waals surface area contributed by atoms with Crippen molar-refractivity contribution in [2.45, 2.75) is 37.8 Å². The maximum absolute atomic E-state index is 10.8. The van der Waals surface area contributed by atoms with Gasteiger partial charge >= 0.3 is 11.9 Å². The van der Waals surface area contributed by atoms with E-state index >= 15 is 0 Å². The minimum Gasteiger partial charge on any atom is -0.463 e. The van der Waals surface area contributed by atoms with E-state index in [1.165, 1.54) is 0 Å². The molecule has 0 bridgehead atoms. The molecular weight excluding hydrogens is 212 g/mol. The molecule has 0 aromatic rings. The lowest BCUT2D eigenvalue weighted by Gasteiger charge is -2.19. The van der Waals surface area contributed by atoms with Gasteiger partial charge in [-0.25, -0.2) is 0 Å². The van der Waals surface area contributed by atoms with Gasteiger partial charge in [-0.3, -0.25) is 9.59 Å². The predicted molar refractivity (Wildman–Crippen MR) is 52.8 cm³/mol. The highest BCUT2D eigenvalue weighted by Gasteiger charge is 2.22. The van der Waals surface area contributed by atoms with Crippen LogP contribution in [0.3, 0.4) is 0 Å². The first-order chi connectivity index (χ1) is 7.74. The molecule has 2 unspecified atom stereocenters. The third-order valence-electron chi connectivity index (χ3n) is 2.63. The number of hydrogen-bond donors (Lipinski definition) is 0. The van der Waals surface area contributed by atoms with Crippen LogP contribution in [0.5, 0.6) is 0 Å². The zero-order valence-corrected chi connectivity index (χ0v) is 8.92. The van der Waals surface area contributed by atoms with E-state index in [1.54, 1.807) is 0 Å². The zero-order valence-electron chi connectivity index (χ0n) is 8.92. The molecule has 2 rings (SSSR count). The van der Waals surface area contributed by atoms with Crippen LogP contribution in [0.25, 0.3) is 0 Å². The summed E-state index contributed by atoms with van der Waals surface area (Å²) >= 11 is 0. The van der Waals surface area contributed by atoms with Crippen molar-refractivity contribution < 1.29 is 19.1 Å². The van der Waals surface area contributed by atoms with Crippen LogP contribution in [-0.4, -0.2) is 37.2 Å². The number of rotatable bonds is 2. The smallest absolute Gasteiger partial charge is 0.305 e. The molecule has 2 atom stereocenters. The molecule has 0 aromatic carbocycles. The van der Waals surface area contributed by atoms with E-state index in [-0.39, 0.29) is 24.0 Å². The van der Waals surface area contributed by atoms with Gasteiger partial charge in [0, 0.05) is 12.8 Å². The summed E-state index contributed by atoms with van der Waals surface area (Å²) in [4.78, 5) is 21.6. The monoisotopic (exact) mass is 226 g/mol. The Balaban J connectivity index is 1.76. The molecule has 0 aromatic heterocycles. The first-order valence-electron chi connectivity index (χ1n) is 5.45. The maximum atomic E-state index is 10.8. The number of carbonyl (C=O) groups is 2. The summed E-state index contributed by atoms with van der Waals surface area (Å²) in [6.07, 6.45) is 2.19. The summed E-state index contributed by atoms with van der Waals surface area (Å²) in [6, 6.07) is -0.0642. The van der Waals surface area contributed by atoms with Gasteiger partial charge in [0.1, 0.15) is 25.3 Å². The van der Waals surface area contributed by atoms with Crippen LogP contribution in [0.2, 0.25) is 0 Å². The van der Waals surface area contributed by atoms with E-state index in [9.17, 15) is 9.59 Å². The third-order valence-corrected chi connectivity index (χ3v) is 2.63. The molecule has 2 aliphatic heterocycles. The Morgan fingerprint density at radius 3 is 1.62 bits per heavy atom. The topological polar surface area (TPSA) is 77.3 Å². The molecule has 6 nitrogen and oxygen atoms in total. The van der Waals surface area contributed by atoms with Gasteiger partial charge in [0.2, 0.25) is 0 Å². The molecule has 0 radical (unpaired) electrons. The van der Waals surface area contributed by atoms with Gasteiger partial charge in [-0.15, -0.1) is 0 Å². The highest BCUT2D eigenvalue weighted by Crippen LogP contribution is 2.15. The predicted octanol–water partition coefficient (Wildman–Crippen LogP) is 0.850. The Hall–Kier alpha value is -1.46. The summed E-state index contributed by atoms with van der Waals surface area (Å²) in [5.74, 6) is -0.337. The summed E-state index contributed by atoms with van der Waals surface area (Å²) in [5, 5.41) is 8.25. The molecule has 0 N–H and O–H groups in total. The van der Waals surface area contributed by atoms with Gasteiger partial charge in [0.25, 0.3) is 0 Å². The molecule has 2 saturated heterocycles. The highest BCUT2D eigenvalue weighted by atomic mass is 16.5. The van der Waals surface area contributed by atoms with Gasteiger partial charge in [-0.2, -0.15) is 10.2 Å². The molecule has 0 amide bonds. The van der Waals surface area contributed by atoms with Crippen molar-refractivity contribution >= 4 is 11.9 Å². The number of nitrogens with zero attached hydrogens (tertiary/aromatic N) is 2. The van der Waals surface area contributed by atoms with Crippen molar-refractivity contribution in [3.63, 3.8) is 0 Å². The number of carbonyl (C=O) groups excluding carboxylic acids is 2. The van der Waals surface area contributed by atoms with E-state index in [2.05, 4.69) is 10.2 Å². The fourth-order valence-corrected chi connectivity index (χ4v) is 1.63. The quantitative estimate of drug-likeness (QED) is 0.516. The van der Waals surface area contributed by atoms with E-state index in [1.807, 2.05) is 0 Å². The zero-order chi connectivity index (χ0) is 11.4. The van der Waals surface area contributed by atoms with Crippen molar-refractivity contribution in [2.75, 3.05) is 13.2 Å². The summed E-state index contributed by atoms with van der Waals surface area (Å²) in [6.45, 7) is 0.629. The van der Waals surface area contributed by atoms with E-state index in [0.29, 0.717) is 38.9 Å². The maximum Gasteiger partial charge on any atom is 0.305 e. The SMILES string of the molecule is O=C1CCC(N=NC2CCC(=O)OC2)CO1. The first-order valence-corrected chi connectivity index (χ1v) is 5.45. The van der Waals surface area contributed by atoms with Crippen molar-refractivity contribution in [1.82, 2.24) is 0 Å². The van der Waals surface area contributed by atoms with E-state index in [0.717, 1.165) is 0 Å². The van der Waals surface area contributed by atoms with Gasteiger partial charge in [0.05, 0.1) is 0 Å². The molecule has 0 spiro atoms. The van der Waals surface area contributed by atoms with Gasteiger partial charge in [-0.1, -0.05) is 0 Å². The molecule has 0 aliphatic carbocycles. The molecule has 2 fully saturated rings. The lowest BCUT2D eigenvalue weighted by atomic mass is 10.1. The number of esters is 2. The molecular formula is C10H14N2O4. The molecule has 2 heterocycles. The first kappa shape index (κ1) is 11.0. The van der Waals surface area contributed by atoms with Crippen molar-refractivity contribution in [3.8, 4) is 0 Å².